The summed E-state index contributed by atoms with van der Waals surface area (Å²) in [6, 6.07) is 3.27. The van der Waals surface area contributed by atoms with Gasteiger partial charge in [0.25, 0.3) is 6.01 Å². The monoisotopic (exact) mass is 274 g/mol. The maximum atomic E-state index is 13.0. The molecule has 0 N–H and O–H groups in total. The zero-order valence-electron chi connectivity index (χ0n) is 8.44. The first-order valence-electron chi connectivity index (χ1n) is 4.39. The number of rotatable bonds is 2. The molecule has 0 aliphatic rings. The first kappa shape index (κ1) is 14.3. The van der Waals surface area contributed by atoms with Gasteiger partial charge in [0.05, 0.1) is 0 Å². The molecule has 0 atom stereocenters. The molecule has 0 heterocycles. The number of benzene rings is 1. The van der Waals surface area contributed by atoms with Gasteiger partial charge in [-0.25, -0.2) is 0 Å². The van der Waals surface area contributed by atoms with Crippen LogP contribution in [0.25, 0.3) is 0 Å². The van der Waals surface area contributed by atoms with Crippen molar-refractivity contribution in [3.05, 3.63) is 41.9 Å². The molecule has 1 aromatic carbocycles. The van der Waals surface area contributed by atoms with Gasteiger partial charge in [-0.3, -0.25) is 0 Å². The Morgan fingerprint density at radius 1 is 0.833 bits per heavy atom. The Bertz CT molecular complexity index is 414. The zero-order valence-corrected chi connectivity index (χ0v) is 8.44. The fourth-order valence-corrected chi connectivity index (χ4v) is 1.03. The Kier molecular flexibility index (Phi) is 3.88. The molecular weight excluding hydrogens is 269 g/mol. The summed E-state index contributed by atoms with van der Waals surface area (Å²) >= 11 is 0. The van der Waals surface area contributed by atoms with E-state index in [1.807, 2.05) is 0 Å². The average molecular weight is 274 g/mol. The van der Waals surface area contributed by atoms with E-state index in [0.717, 1.165) is 12.1 Å². The molecule has 1 rings (SSSR count). The lowest BCUT2D eigenvalue weighted by atomic mass is 10.2. The van der Waals surface area contributed by atoms with E-state index in [4.69, 9.17) is 0 Å². The molecule has 0 bridgehead atoms. The summed E-state index contributed by atoms with van der Waals surface area (Å²) in [4.78, 5) is 0. The summed E-state index contributed by atoms with van der Waals surface area (Å²) in [5.41, 5.74) is -3.31. The van der Waals surface area contributed by atoms with Crippen LogP contribution in [0.4, 0.5) is 30.7 Å². The maximum Gasteiger partial charge on any atom is 0.427 e. The van der Waals surface area contributed by atoms with Crippen LogP contribution in [-0.2, 0) is 0 Å². The minimum Gasteiger partial charge on any atom is -0.431 e. The van der Waals surface area contributed by atoms with Crippen molar-refractivity contribution in [2.45, 2.75) is 12.4 Å². The Morgan fingerprint density at radius 2 is 1.28 bits per heavy atom. The molecule has 0 aliphatic heterocycles. The predicted molar refractivity (Wildman–Crippen MR) is 47.3 cm³/mol. The van der Waals surface area contributed by atoms with E-state index in [2.05, 4.69) is 4.74 Å². The number of allylic oxidation sites excluding steroid dienone is 1. The minimum absolute atomic E-state index is 0.471. The summed E-state index contributed by atoms with van der Waals surface area (Å²) in [6.45, 7) is 0. The summed E-state index contributed by atoms with van der Waals surface area (Å²) < 4.78 is 89.3. The highest BCUT2D eigenvalue weighted by atomic mass is 19.4. The fraction of sp³-hybridized carbons (Fsp3) is 0.200. The molecule has 0 aromatic heterocycles. The van der Waals surface area contributed by atoms with Crippen molar-refractivity contribution in [2.75, 3.05) is 0 Å². The van der Waals surface area contributed by atoms with E-state index in [1.165, 1.54) is 18.2 Å². The average Bonchev–Trinajstić information content (AvgIpc) is 2.13. The second-order valence-corrected chi connectivity index (χ2v) is 3.06. The first-order valence-corrected chi connectivity index (χ1v) is 4.39. The number of para-hydroxylation sites is 1. The second-order valence-electron chi connectivity index (χ2n) is 3.06. The van der Waals surface area contributed by atoms with Crippen LogP contribution >= 0.6 is 0 Å². The minimum atomic E-state index is -5.89. The molecule has 0 spiro atoms. The van der Waals surface area contributed by atoms with Crippen LogP contribution in [0, 0.1) is 0 Å². The molecule has 1 nitrogen and oxygen atoms in total. The van der Waals surface area contributed by atoms with Gasteiger partial charge in [0, 0.05) is 0 Å². The lowest BCUT2D eigenvalue weighted by Gasteiger charge is -2.15. The molecule has 0 amide bonds. The SMILES string of the molecule is FC(Oc1ccccc1)=C(C(F)(F)F)C(F)(F)F. The van der Waals surface area contributed by atoms with Gasteiger partial charge in [-0.15, -0.1) is 0 Å². The van der Waals surface area contributed by atoms with Crippen molar-refractivity contribution in [3.8, 4) is 5.75 Å². The van der Waals surface area contributed by atoms with Crippen molar-refractivity contribution in [3.63, 3.8) is 0 Å². The third kappa shape index (κ3) is 3.64. The van der Waals surface area contributed by atoms with E-state index in [1.54, 1.807) is 0 Å². The summed E-state index contributed by atoms with van der Waals surface area (Å²) in [6.07, 6.45) is -11.8. The zero-order chi connectivity index (χ0) is 14.0. The number of ether oxygens (including phenoxy) is 1. The van der Waals surface area contributed by atoms with Crippen molar-refractivity contribution in [2.24, 2.45) is 0 Å². The highest BCUT2D eigenvalue weighted by Crippen LogP contribution is 2.41. The standard InChI is InChI=1S/C10H5F7O/c11-8(18-6-4-2-1-3-5-6)7(9(12,13)14)10(15,16)17/h1-5H. The van der Waals surface area contributed by atoms with Crippen LogP contribution in [0.15, 0.2) is 41.9 Å². The fourth-order valence-electron chi connectivity index (χ4n) is 1.03. The molecule has 0 saturated heterocycles. The van der Waals surface area contributed by atoms with Crippen molar-refractivity contribution < 1.29 is 35.5 Å². The lowest BCUT2D eigenvalue weighted by Crippen LogP contribution is -2.28. The largest absolute Gasteiger partial charge is 0.431 e. The molecule has 8 heteroatoms. The number of alkyl halides is 6. The van der Waals surface area contributed by atoms with E-state index in [9.17, 15) is 30.7 Å². The van der Waals surface area contributed by atoms with Crippen LogP contribution in [0.1, 0.15) is 0 Å². The summed E-state index contributed by atoms with van der Waals surface area (Å²) in [7, 11) is 0. The molecule has 0 aliphatic carbocycles. The molecule has 18 heavy (non-hydrogen) atoms. The third-order valence-electron chi connectivity index (χ3n) is 1.71. The lowest BCUT2D eigenvalue weighted by molar-refractivity contribution is -0.177. The van der Waals surface area contributed by atoms with Gasteiger partial charge in [-0.2, -0.15) is 30.7 Å². The molecule has 0 unspecified atom stereocenters. The van der Waals surface area contributed by atoms with Crippen LogP contribution in [0.3, 0.4) is 0 Å². The highest BCUT2D eigenvalue weighted by molar-refractivity contribution is 5.25. The van der Waals surface area contributed by atoms with Crippen LogP contribution in [0.2, 0.25) is 0 Å². The normalized spacial score (nSPS) is 12.2. The van der Waals surface area contributed by atoms with Gasteiger partial charge in [0.2, 0.25) is 5.57 Å². The van der Waals surface area contributed by atoms with Gasteiger partial charge in [0.15, 0.2) is 0 Å². The van der Waals surface area contributed by atoms with Gasteiger partial charge >= 0.3 is 12.4 Å². The van der Waals surface area contributed by atoms with Gasteiger partial charge in [-0.05, 0) is 12.1 Å². The van der Waals surface area contributed by atoms with Gasteiger partial charge < -0.3 is 4.74 Å². The van der Waals surface area contributed by atoms with Crippen molar-refractivity contribution in [1.29, 1.82) is 0 Å². The third-order valence-corrected chi connectivity index (χ3v) is 1.71. The quantitative estimate of drug-likeness (QED) is 0.574. The Hall–Kier alpha value is -1.73. The molecule has 100 valence electrons. The van der Waals surface area contributed by atoms with Crippen LogP contribution in [0.5, 0.6) is 5.75 Å². The van der Waals surface area contributed by atoms with E-state index in [0.29, 0.717) is 0 Å². The van der Waals surface area contributed by atoms with E-state index < -0.39 is 29.7 Å². The molecule has 0 saturated carbocycles. The smallest absolute Gasteiger partial charge is 0.427 e. The molecule has 0 radical (unpaired) electrons. The molecule has 1 aromatic rings. The summed E-state index contributed by atoms with van der Waals surface area (Å²) in [5.74, 6) is -0.471. The molecular formula is C10H5F7O. The Morgan fingerprint density at radius 3 is 1.67 bits per heavy atom. The first-order chi connectivity index (χ1) is 8.12. The Balaban J connectivity index is 3.14. The predicted octanol–water partition coefficient (Wildman–Crippen LogP) is 4.37. The second kappa shape index (κ2) is 4.87. The van der Waals surface area contributed by atoms with E-state index >= 15 is 0 Å². The van der Waals surface area contributed by atoms with Gasteiger partial charge in [0.1, 0.15) is 5.75 Å². The number of hydrogen-bond donors (Lipinski definition) is 0. The van der Waals surface area contributed by atoms with Crippen molar-refractivity contribution in [1.82, 2.24) is 0 Å². The number of hydrogen-bond acceptors (Lipinski definition) is 1. The molecule has 0 fully saturated rings. The number of halogens is 7. The summed E-state index contributed by atoms with van der Waals surface area (Å²) in [5, 5.41) is 0. The highest BCUT2D eigenvalue weighted by Gasteiger charge is 2.55. The topological polar surface area (TPSA) is 9.23 Å². The van der Waals surface area contributed by atoms with Crippen LogP contribution < -0.4 is 4.74 Å². The Labute approximate surface area is 96.5 Å². The van der Waals surface area contributed by atoms with Crippen molar-refractivity contribution >= 4 is 0 Å². The van der Waals surface area contributed by atoms with Crippen LogP contribution in [-0.4, -0.2) is 12.4 Å². The van der Waals surface area contributed by atoms with Gasteiger partial charge in [-0.1, -0.05) is 18.2 Å². The van der Waals surface area contributed by atoms with E-state index in [-0.39, 0.29) is 0 Å². The maximum absolute atomic E-state index is 13.0.